The lowest BCUT2D eigenvalue weighted by Gasteiger charge is -2.17. The van der Waals surface area contributed by atoms with E-state index in [1.807, 2.05) is 13.8 Å². The van der Waals surface area contributed by atoms with E-state index in [0.717, 1.165) is 0 Å². The molecule has 1 aliphatic rings. The van der Waals surface area contributed by atoms with Gasteiger partial charge in [0.25, 0.3) is 11.2 Å². The molecule has 0 N–H and O–H groups in total. The third-order valence-corrected chi connectivity index (χ3v) is 3.78. The molecule has 0 spiro atoms. The number of aryl methyl sites for hydroxylation is 1. The number of benzene rings is 1. The first-order valence-electron chi connectivity index (χ1n) is 7.31. The quantitative estimate of drug-likeness (QED) is 0.630. The molecule has 0 aliphatic carbocycles. The van der Waals surface area contributed by atoms with E-state index in [-0.39, 0.29) is 22.7 Å². The summed E-state index contributed by atoms with van der Waals surface area (Å²) in [6, 6.07) is 4.08. The Labute approximate surface area is 131 Å². The molecule has 1 saturated heterocycles. The predicted molar refractivity (Wildman–Crippen MR) is 82.2 cm³/mol. The first-order chi connectivity index (χ1) is 10.9. The van der Waals surface area contributed by atoms with Crippen LogP contribution in [0.1, 0.15) is 20.3 Å². The number of fused-ring (bicyclic) bond motifs is 1. The number of nitro benzene ring substituents is 1. The number of rotatable bonds is 4. The number of hydrogen-bond acceptors (Lipinski definition) is 6. The lowest BCUT2D eigenvalue weighted by molar-refractivity contribution is -0.384. The van der Waals surface area contributed by atoms with E-state index >= 15 is 0 Å². The van der Waals surface area contributed by atoms with E-state index in [4.69, 9.17) is 9.47 Å². The van der Waals surface area contributed by atoms with Crippen molar-refractivity contribution in [1.29, 1.82) is 0 Å². The van der Waals surface area contributed by atoms with Gasteiger partial charge < -0.3 is 9.47 Å². The normalized spacial score (nSPS) is 20.0. The fourth-order valence-corrected chi connectivity index (χ4v) is 2.61. The number of ether oxygens (including phenoxy) is 2. The Balaban J connectivity index is 1.83. The van der Waals surface area contributed by atoms with Crippen LogP contribution in [-0.2, 0) is 16.0 Å². The summed E-state index contributed by atoms with van der Waals surface area (Å²) in [4.78, 5) is 27.0. The second-order valence-corrected chi connectivity index (χ2v) is 5.94. The summed E-state index contributed by atoms with van der Waals surface area (Å²) >= 11 is 0. The van der Waals surface area contributed by atoms with E-state index in [9.17, 15) is 14.9 Å². The summed E-state index contributed by atoms with van der Waals surface area (Å²) < 4.78 is 12.6. The van der Waals surface area contributed by atoms with Gasteiger partial charge in [-0.25, -0.2) is 4.98 Å². The highest BCUT2D eigenvalue weighted by atomic mass is 16.7. The van der Waals surface area contributed by atoms with Crippen LogP contribution in [0.4, 0.5) is 5.69 Å². The third kappa shape index (κ3) is 3.22. The second kappa shape index (κ2) is 5.71. The highest BCUT2D eigenvalue weighted by Gasteiger charge is 2.32. The maximum absolute atomic E-state index is 12.5. The van der Waals surface area contributed by atoms with Crippen molar-refractivity contribution >= 4 is 16.6 Å². The second-order valence-electron chi connectivity index (χ2n) is 5.94. The van der Waals surface area contributed by atoms with Crippen molar-refractivity contribution in [3.05, 3.63) is 45.0 Å². The fourth-order valence-electron chi connectivity index (χ4n) is 2.61. The standard InChI is InChI=1S/C15H17N3O5/c1-15(2)22-8-11(23-15)5-6-17-9-16-13-4-3-10(18(20)21)7-12(13)14(17)19/h3-4,7,9,11H,5-6,8H2,1-2H3/t11-/m1/s1. The third-order valence-electron chi connectivity index (χ3n) is 3.78. The SMILES string of the molecule is CC1(C)OC[C@@H](CCn2cnc3ccc([N+](=O)[O-])cc3c2=O)O1. The molecular formula is C15H17N3O5. The Morgan fingerprint density at radius 2 is 2.26 bits per heavy atom. The zero-order valence-corrected chi connectivity index (χ0v) is 12.9. The summed E-state index contributed by atoms with van der Waals surface area (Å²) in [5, 5.41) is 11.1. The molecule has 0 unspecified atom stereocenters. The molecule has 2 heterocycles. The monoisotopic (exact) mass is 319 g/mol. The van der Waals surface area contributed by atoms with Crippen molar-refractivity contribution in [2.24, 2.45) is 0 Å². The number of nitro groups is 1. The summed E-state index contributed by atoms with van der Waals surface area (Å²) in [5.74, 6) is -0.599. The highest BCUT2D eigenvalue weighted by molar-refractivity contribution is 5.79. The molecule has 0 bridgehead atoms. The van der Waals surface area contributed by atoms with Crippen LogP contribution < -0.4 is 5.56 Å². The van der Waals surface area contributed by atoms with Crippen molar-refractivity contribution in [3.8, 4) is 0 Å². The highest BCUT2D eigenvalue weighted by Crippen LogP contribution is 2.24. The summed E-state index contributed by atoms with van der Waals surface area (Å²) in [5.41, 5.74) is 0.0266. The number of hydrogen-bond donors (Lipinski definition) is 0. The van der Waals surface area contributed by atoms with Gasteiger partial charge in [-0.3, -0.25) is 19.5 Å². The van der Waals surface area contributed by atoms with Gasteiger partial charge in [-0.15, -0.1) is 0 Å². The van der Waals surface area contributed by atoms with Crippen LogP contribution in [0.2, 0.25) is 0 Å². The van der Waals surface area contributed by atoms with Gasteiger partial charge in [-0.2, -0.15) is 0 Å². The topological polar surface area (TPSA) is 96.5 Å². The average Bonchev–Trinajstić information content (AvgIpc) is 2.85. The summed E-state index contributed by atoms with van der Waals surface area (Å²) in [7, 11) is 0. The molecule has 0 radical (unpaired) electrons. The van der Waals surface area contributed by atoms with Crippen molar-refractivity contribution in [2.45, 2.75) is 38.7 Å². The molecule has 8 nitrogen and oxygen atoms in total. The molecule has 3 rings (SSSR count). The molecule has 1 aliphatic heterocycles. The van der Waals surface area contributed by atoms with Gasteiger partial charge in [0.1, 0.15) is 0 Å². The molecule has 1 aromatic heterocycles. The lowest BCUT2D eigenvalue weighted by atomic mass is 10.2. The summed E-state index contributed by atoms with van der Waals surface area (Å²) in [6.45, 7) is 4.58. The lowest BCUT2D eigenvalue weighted by Crippen LogP contribution is -2.25. The molecule has 1 fully saturated rings. The molecule has 0 amide bonds. The molecule has 122 valence electrons. The molecule has 1 atom stereocenters. The maximum Gasteiger partial charge on any atom is 0.270 e. The van der Waals surface area contributed by atoms with Crippen LogP contribution in [0.15, 0.2) is 29.3 Å². The first kappa shape index (κ1) is 15.6. The van der Waals surface area contributed by atoms with Crippen LogP contribution in [0.5, 0.6) is 0 Å². The minimum atomic E-state index is -0.599. The molecule has 23 heavy (non-hydrogen) atoms. The van der Waals surface area contributed by atoms with Crippen LogP contribution in [0.3, 0.4) is 0 Å². The van der Waals surface area contributed by atoms with Crippen LogP contribution in [0, 0.1) is 10.1 Å². The molecule has 2 aromatic rings. The largest absolute Gasteiger partial charge is 0.348 e. The van der Waals surface area contributed by atoms with E-state index < -0.39 is 10.7 Å². The Kier molecular flexibility index (Phi) is 3.87. The van der Waals surface area contributed by atoms with Crippen molar-refractivity contribution in [2.75, 3.05) is 6.61 Å². The van der Waals surface area contributed by atoms with Gasteiger partial charge in [0.2, 0.25) is 0 Å². The Hall–Kier alpha value is -2.32. The smallest absolute Gasteiger partial charge is 0.270 e. The van der Waals surface area contributed by atoms with E-state index in [0.29, 0.717) is 25.1 Å². The van der Waals surface area contributed by atoms with Gasteiger partial charge in [-0.1, -0.05) is 0 Å². The van der Waals surface area contributed by atoms with Gasteiger partial charge in [0.05, 0.1) is 34.9 Å². The molecule has 0 saturated carbocycles. The van der Waals surface area contributed by atoms with Crippen LogP contribution in [-0.4, -0.2) is 33.0 Å². The van der Waals surface area contributed by atoms with Crippen molar-refractivity contribution < 1.29 is 14.4 Å². The van der Waals surface area contributed by atoms with Gasteiger partial charge in [0.15, 0.2) is 5.79 Å². The van der Waals surface area contributed by atoms with Crippen molar-refractivity contribution in [3.63, 3.8) is 0 Å². The minimum Gasteiger partial charge on any atom is -0.348 e. The molecular weight excluding hydrogens is 302 g/mol. The van der Waals surface area contributed by atoms with E-state index in [1.165, 1.54) is 29.1 Å². The molecule has 8 heteroatoms. The zero-order chi connectivity index (χ0) is 16.6. The average molecular weight is 319 g/mol. The predicted octanol–water partition coefficient (Wildman–Crippen LogP) is 1.85. The summed E-state index contributed by atoms with van der Waals surface area (Å²) in [6.07, 6.45) is 1.97. The zero-order valence-electron chi connectivity index (χ0n) is 12.9. The minimum absolute atomic E-state index is 0.0855. The number of nitrogens with zero attached hydrogens (tertiary/aromatic N) is 3. The van der Waals surface area contributed by atoms with Gasteiger partial charge >= 0.3 is 0 Å². The number of non-ortho nitro benzene ring substituents is 1. The van der Waals surface area contributed by atoms with Gasteiger partial charge in [0, 0.05) is 18.7 Å². The number of aromatic nitrogens is 2. The van der Waals surface area contributed by atoms with Crippen molar-refractivity contribution in [1.82, 2.24) is 9.55 Å². The van der Waals surface area contributed by atoms with Crippen LogP contribution >= 0.6 is 0 Å². The van der Waals surface area contributed by atoms with E-state index in [1.54, 1.807) is 0 Å². The molecule has 1 aromatic carbocycles. The maximum atomic E-state index is 12.5. The first-order valence-corrected chi connectivity index (χ1v) is 7.31. The Morgan fingerprint density at radius 1 is 1.48 bits per heavy atom. The van der Waals surface area contributed by atoms with Crippen LogP contribution in [0.25, 0.3) is 10.9 Å². The van der Waals surface area contributed by atoms with E-state index in [2.05, 4.69) is 4.98 Å². The Morgan fingerprint density at radius 3 is 2.91 bits per heavy atom. The fraction of sp³-hybridized carbons (Fsp3) is 0.467. The Bertz CT molecular complexity index is 814. The van der Waals surface area contributed by atoms with Gasteiger partial charge in [-0.05, 0) is 26.3 Å².